The minimum absolute atomic E-state index is 0.297. The largest absolute Gasteiger partial charge is 0.496 e. The third-order valence-corrected chi connectivity index (χ3v) is 5.72. The van der Waals surface area contributed by atoms with Crippen LogP contribution in [0.2, 0.25) is 0 Å². The number of hydrogen-bond donors (Lipinski definition) is 0. The van der Waals surface area contributed by atoms with Gasteiger partial charge in [-0.15, -0.1) is 0 Å². The first-order valence-corrected chi connectivity index (χ1v) is 11.4. The van der Waals surface area contributed by atoms with Gasteiger partial charge in [0.2, 0.25) is 0 Å². The number of rotatable bonds is 9. The number of esters is 5. The molecule has 1 unspecified atom stereocenters. The highest BCUT2D eigenvalue weighted by molar-refractivity contribution is 5.84. The predicted octanol–water partition coefficient (Wildman–Crippen LogP) is 1.77. The fourth-order valence-corrected chi connectivity index (χ4v) is 4.18. The Kier molecular flexibility index (Phi) is 10.4. The van der Waals surface area contributed by atoms with Gasteiger partial charge in [-0.1, -0.05) is 6.07 Å². The number of ether oxygens (including phenoxy) is 7. The van der Waals surface area contributed by atoms with Gasteiger partial charge < -0.3 is 33.2 Å². The van der Waals surface area contributed by atoms with E-state index in [0.717, 1.165) is 6.92 Å². The van der Waals surface area contributed by atoms with Crippen LogP contribution in [0.25, 0.3) is 0 Å². The summed E-state index contributed by atoms with van der Waals surface area (Å²) in [6, 6.07) is 4.68. The molecule has 0 radical (unpaired) electrons. The van der Waals surface area contributed by atoms with Crippen LogP contribution in [0.1, 0.15) is 57.3 Å². The maximum atomic E-state index is 12.5. The van der Waals surface area contributed by atoms with Crippen LogP contribution in [0.5, 0.6) is 5.75 Å². The standard InChI is InChI=1S/C25H32O12/c1-12-21(35-13(2)26)23(36-14(3)27)24(37-15(4)28)22(34-12)18-10-16(8-9-19(18)31-5)17(25(30)33-7)11-20(29)32-6/h8-10,12,17,21-24H,11H2,1-7H3/t12-,17?,21+,22+,23+,24+/m0/s1. The number of methoxy groups -OCH3 is 3. The number of carbonyl (C=O) groups is 5. The van der Waals surface area contributed by atoms with E-state index in [1.807, 2.05) is 0 Å². The first-order valence-electron chi connectivity index (χ1n) is 11.4. The van der Waals surface area contributed by atoms with E-state index in [0.29, 0.717) is 16.9 Å². The quantitative estimate of drug-likeness (QED) is 0.342. The first-order chi connectivity index (χ1) is 17.4. The van der Waals surface area contributed by atoms with Gasteiger partial charge >= 0.3 is 29.8 Å². The molecule has 12 heteroatoms. The SMILES string of the molecule is COC(=O)CC(C(=O)OC)c1ccc(OC)c([C@H]2O[C@@H](C)[C@@H](OC(C)=O)[C@@H](OC(C)=O)[C@@H]2OC(C)=O)c1. The molecule has 0 spiro atoms. The highest BCUT2D eigenvalue weighted by atomic mass is 16.6. The van der Waals surface area contributed by atoms with E-state index in [4.69, 9.17) is 33.2 Å². The molecule has 12 nitrogen and oxygen atoms in total. The lowest BCUT2D eigenvalue weighted by atomic mass is 9.87. The van der Waals surface area contributed by atoms with E-state index in [-0.39, 0.29) is 6.42 Å². The van der Waals surface area contributed by atoms with Crippen molar-refractivity contribution in [2.75, 3.05) is 21.3 Å². The van der Waals surface area contributed by atoms with Crippen LogP contribution in [0, 0.1) is 0 Å². The lowest BCUT2D eigenvalue weighted by Crippen LogP contribution is -2.57. The summed E-state index contributed by atoms with van der Waals surface area (Å²) in [5.41, 5.74) is 0.701. The molecule has 1 aromatic carbocycles. The maximum Gasteiger partial charge on any atom is 0.313 e. The van der Waals surface area contributed by atoms with Gasteiger partial charge in [-0.25, -0.2) is 0 Å². The molecule has 0 saturated carbocycles. The Hall–Kier alpha value is -3.67. The predicted molar refractivity (Wildman–Crippen MR) is 124 cm³/mol. The van der Waals surface area contributed by atoms with Gasteiger partial charge in [0.15, 0.2) is 18.3 Å². The summed E-state index contributed by atoms with van der Waals surface area (Å²) in [4.78, 5) is 60.3. The fourth-order valence-electron chi connectivity index (χ4n) is 4.18. The van der Waals surface area contributed by atoms with Gasteiger partial charge in [-0.2, -0.15) is 0 Å². The van der Waals surface area contributed by atoms with E-state index in [2.05, 4.69) is 0 Å². The molecule has 37 heavy (non-hydrogen) atoms. The van der Waals surface area contributed by atoms with Crippen molar-refractivity contribution < 1.29 is 57.1 Å². The summed E-state index contributed by atoms with van der Waals surface area (Å²) >= 11 is 0. The van der Waals surface area contributed by atoms with Crippen molar-refractivity contribution >= 4 is 29.8 Å². The molecule has 0 aliphatic carbocycles. The average Bonchev–Trinajstić information content (AvgIpc) is 2.84. The second-order valence-electron chi connectivity index (χ2n) is 8.34. The van der Waals surface area contributed by atoms with Gasteiger partial charge in [0.05, 0.1) is 39.8 Å². The van der Waals surface area contributed by atoms with E-state index in [1.165, 1.54) is 35.2 Å². The monoisotopic (exact) mass is 524 g/mol. The fraction of sp³-hybridized carbons (Fsp3) is 0.560. The summed E-state index contributed by atoms with van der Waals surface area (Å²) < 4.78 is 37.6. The Morgan fingerprint density at radius 3 is 1.92 bits per heavy atom. The molecular weight excluding hydrogens is 492 g/mol. The highest BCUT2D eigenvalue weighted by Gasteiger charge is 2.51. The zero-order chi connectivity index (χ0) is 27.9. The molecule has 1 saturated heterocycles. The van der Waals surface area contributed by atoms with Crippen molar-refractivity contribution in [3.05, 3.63) is 29.3 Å². The zero-order valence-corrected chi connectivity index (χ0v) is 21.8. The molecule has 1 heterocycles. The third-order valence-electron chi connectivity index (χ3n) is 5.72. The highest BCUT2D eigenvalue weighted by Crippen LogP contribution is 2.42. The van der Waals surface area contributed by atoms with E-state index in [9.17, 15) is 24.0 Å². The summed E-state index contributed by atoms with van der Waals surface area (Å²) in [5, 5.41) is 0. The van der Waals surface area contributed by atoms with E-state index < -0.39 is 66.3 Å². The van der Waals surface area contributed by atoms with Crippen LogP contribution in [0.3, 0.4) is 0 Å². The number of carbonyl (C=O) groups excluding carboxylic acids is 5. The topological polar surface area (TPSA) is 150 Å². The van der Waals surface area contributed by atoms with Crippen molar-refractivity contribution in [2.45, 2.75) is 70.6 Å². The Morgan fingerprint density at radius 1 is 0.838 bits per heavy atom. The van der Waals surface area contributed by atoms with Crippen molar-refractivity contribution in [1.29, 1.82) is 0 Å². The van der Waals surface area contributed by atoms with Crippen molar-refractivity contribution in [2.24, 2.45) is 0 Å². The molecule has 1 aliphatic rings. The summed E-state index contributed by atoms with van der Waals surface area (Å²) in [6.45, 7) is 5.12. The smallest absolute Gasteiger partial charge is 0.313 e. The lowest BCUT2D eigenvalue weighted by molar-refractivity contribution is -0.245. The molecule has 0 amide bonds. The molecule has 1 aliphatic heterocycles. The number of hydrogen-bond acceptors (Lipinski definition) is 12. The lowest BCUT2D eigenvalue weighted by Gasteiger charge is -2.44. The second-order valence-corrected chi connectivity index (χ2v) is 8.34. The minimum atomic E-state index is -1.26. The van der Waals surface area contributed by atoms with Crippen LogP contribution in [0.4, 0.5) is 0 Å². The molecule has 0 aromatic heterocycles. The van der Waals surface area contributed by atoms with Crippen molar-refractivity contribution in [3.63, 3.8) is 0 Å². The van der Waals surface area contributed by atoms with Gasteiger partial charge in [0, 0.05) is 26.3 Å². The Labute approximate surface area is 214 Å². The molecule has 204 valence electrons. The van der Waals surface area contributed by atoms with E-state index in [1.54, 1.807) is 25.1 Å². The van der Waals surface area contributed by atoms with Crippen LogP contribution in [-0.2, 0) is 52.4 Å². The normalized spacial score (nSPS) is 23.7. The van der Waals surface area contributed by atoms with Crippen LogP contribution >= 0.6 is 0 Å². The minimum Gasteiger partial charge on any atom is -0.496 e. The molecule has 0 bridgehead atoms. The maximum absolute atomic E-state index is 12.5. The average molecular weight is 525 g/mol. The molecular formula is C25H32O12. The molecule has 2 rings (SSSR count). The van der Waals surface area contributed by atoms with Crippen molar-refractivity contribution in [3.8, 4) is 5.75 Å². The Balaban J connectivity index is 2.67. The van der Waals surface area contributed by atoms with Crippen LogP contribution in [-0.4, -0.2) is 75.6 Å². The Morgan fingerprint density at radius 2 is 1.41 bits per heavy atom. The second kappa shape index (κ2) is 13.0. The van der Waals surface area contributed by atoms with E-state index >= 15 is 0 Å². The van der Waals surface area contributed by atoms with Crippen LogP contribution < -0.4 is 4.74 Å². The van der Waals surface area contributed by atoms with Crippen LogP contribution in [0.15, 0.2) is 18.2 Å². The third kappa shape index (κ3) is 7.42. The summed E-state index contributed by atoms with van der Waals surface area (Å²) in [5.74, 6) is -4.09. The van der Waals surface area contributed by atoms with Gasteiger partial charge in [-0.3, -0.25) is 24.0 Å². The molecule has 6 atom stereocenters. The molecule has 1 aromatic rings. The van der Waals surface area contributed by atoms with Gasteiger partial charge in [0.1, 0.15) is 11.9 Å². The van der Waals surface area contributed by atoms with Gasteiger partial charge in [-0.05, 0) is 24.6 Å². The Bertz CT molecular complexity index is 1020. The number of benzene rings is 1. The summed E-state index contributed by atoms with van der Waals surface area (Å²) in [7, 11) is 3.80. The molecule has 0 N–H and O–H groups in total. The van der Waals surface area contributed by atoms with Crippen molar-refractivity contribution in [1.82, 2.24) is 0 Å². The first kappa shape index (κ1) is 29.6. The zero-order valence-electron chi connectivity index (χ0n) is 21.8. The van der Waals surface area contributed by atoms with Gasteiger partial charge in [0.25, 0.3) is 0 Å². The molecule has 1 fully saturated rings. The summed E-state index contributed by atoms with van der Waals surface area (Å²) in [6.07, 6.45) is -5.76.